The average molecular weight is 290 g/mol. The molecule has 2 aromatic rings. The van der Waals surface area contributed by atoms with E-state index in [0.29, 0.717) is 0 Å². The fourth-order valence-electron chi connectivity index (χ4n) is 1.87. The first-order valence-electron chi connectivity index (χ1n) is 6.20. The number of halogens is 2. The van der Waals surface area contributed by atoms with E-state index >= 15 is 0 Å². The topological polar surface area (TPSA) is 43.4 Å². The summed E-state index contributed by atoms with van der Waals surface area (Å²) in [6, 6.07) is 10.1. The third-order valence-electron chi connectivity index (χ3n) is 2.80. The van der Waals surface area contributed by atoms with Crippen LogP contribution in [-0.4, -0.2) is 11.8 Å². The molecule has 3 nitrogen and oxygen atoms in total. The first-order chi connectivity index (χ1) is 9.97. The van der Waals surface area contributed by atoms with Gasteiger partial charge in [0.2, 0.25) is 5.78 Å². The minimum Gasteiger partial charge on any atom is -0.449 e. The number of benzene rings is 2. The molecule has 0 aliphatic heterocycles. The van der Waals surface area contributed by atoms with Gasteiger partial charge in [-0.3, -0.25) is 9.59 Å². The third-order valence-corrected chi connectivity index (χ3v) is 2.80. The number of Topliss-reactive ketones (excluding diaryl/α,β-unsaturated/α-hetero) is 1. The van der Waals surface area contributed by atoms with E-state index in [1.165, 1.54) is 30.3 Å². The zero-order valence-corrected chi connectivity index (χ0v) is 11.2. The molecule has 0 aliphatic rings. The van der Waals surface area contributed by atoms with E-state index < -0.39 is 29.5 Å². The first kappa shape index (κ1) is 14.8. The lowest BCUT2D eigenvalue weighted by molar-refractivity contribution is -0.144. The van der Waals surface area contributed by atoms with Gasteiger partial charge in [0.1, 0.15) is 11.6 Å². The summed E-state index contributed by atoms with van der Waals surface area (Å²) in [7, 11) is 0. The molecule has 0 aromatic heterocycles. The van der Waals surface area contributed by atoms with Gasteiger partial charge >= 0.3 is 5.97 Å². The lowest BCUT2D eigenvalue weighted by atomic mass is 9.99. The second kappa shape index (κ2) is 6.26. The maximum atomic E-state index is 13.3. The van der Waals surface area contributed by atoms with E-state index in [1.807, 2.05) is 0 Å². The second-order valence-electron chi connectivity index (χ2n) is 4.42. The Balaban J connectivity index is 2.38. The highest BCUT2D eigenvalue weighted by atomic mass is 19.1. The summed E-state index contributed by atoms with van der Waals surface area (Å²) in [6.45, 7) is 1.16. The quantitative estimate of drug-likeness (QED) is 0.640. The maximum Gasteiger partial charge on any atom is 0.303 e. The Labute approximate surface area is 120 Å². The fraction of sp³-hybridized carbons (Fsp3) is 0.125. The molecule has 21 heavy (non-hydrogen) atoms. The van der Waals surface area contributed by atoms with Crippen molar-refractivity contribution >= 4 is 11.8 Å². The minimum atomic E-state index is -1.26. The van der Waals surface area contributed by atoms with Crippen LogP contribution in [0.15, 0.2) is 48.5 Å². The molecule has 2 rings (SSSR count). The number of rotatable bonds is 4. The van der Waals surface area contributed by atoms with Gasteiger partial charge in [0.25, 0.3) is 0 Å². The summed E-state index contributed by atoms with van der Waals surface area (Å²) in [6.07, 6.45) is -1.26. The van der Waals surface area contributed by atoms with Crippen molar-refractivity contribution in [1.82, 2.24) is 0 Å². The maximum absolute atomic E-state index is 13.3. The predicted molar refractivity (Wildman–Crippen MR) is 71.6 cm³/mol. The molecule has 0 saturated heterocycles. The lowest BCUT2D eigenvalue weighted by Gasteiger charge is -2.16. The van der Waals surface area contributed by atoms with Crippen LogP contribution in [0.4, 0.5) is 8.78 Å². The summed E-state index contributed by atoms with van der Waals surface area (Å²) in [5, 5.41) is 0. The highest BCUT2D eigenvalue weighted by molar-refractivity contribution is 6.00. The van der Waals surface area contributed by atoms with E-state index in [4.69, 9.17) is 4.74 Å². The smallest absolute Gasteiger partial charge is 0.303 e. The lowest BCUT2D eigenvalue weighted by Crippen LogP contribution is -2.19. The standard InChI is InChI=1S/C16H12F2O3/c1-10(19)21-16(12-3-2-4-14(18)9-12)15(20)11-5-7-13(17)8-6-11/h2-9,16H,1H3. The summed E-state index contributed by atoms with van der Waals surface area (Å²) in [4.78, 5) is 23.6. The number of hydrogen-bond acceptors (Lipinski definition) is 3. The van der Waals surface area contributed by atoms with Crippen LogP contribution in [0.3, 0.4) is 0 Å². The highest BCUT2D eigenvalue weighted by Gasteiger charge is 2.25. The van der Waals surface area contributed by atoms with Crippen molar-refractivity contribution in [3.8, 4) is 0 Å². The van der Waals surface area contributed by atoms with Gasteiger partial charge in [-0.25, -0.2) is 8.78 Å². The third kappa shape index (κ3) is 3.72. The van der Waals surface area contributed by atoms with Gasteiger partial charge < -0.3 is 4.74 Å². The molecule has 0 fully saturated rings. The van der Waals surface area contributed by atoms with Crippen molar-refractivity contribution in [2.45, 2.75) is 13.0 Å². The molecule has 0 amide bonds. The largest absolute Gasteiger partial charge is 0.449 e. The number of hydrogen-bond donors (Lipinski definition) is 0. The molecular formula is C16H12F2O3. The van der Waals surface area contributed by atoms with Crippen LogP contribution in [0.5, 0.6) is 0 Å². The van der Waals surface area contributed by atoms with Crippen LogP contribution in [0.2, 0.25) is 0 Å². The summed E-state index contributed by atoms with van der Waals surface area (Å²) < 4.78 is 31.2. The molecule has 0 saturated carbocycles. The number of ether oxygens (including phenoxy) is 1. The highest BCUT2D eigenvalue weighted by Crippen LogP contribution is 2.23. The first-order valence-corrected chi connectivity index (χ1v) is 6.20. The van der Waals surface area contributed by atoms with Crippen molar-refractivity contribution in [2.75, 3.05) is 0 Å². The van der Waals surface area contributed by atoms with Gasteiger partial charge in [0.05, 0.1) is 0 Å². The molecule has 0 N–H and O–H groups in total. The van der Waals surface area contributed by atoms with Gasteiger partial charge in [-0.15, -0.1) is 0 Å². The number of esters is 1. The molecule has 1 unspecified atom stereocenters. The zero-order chi connectivity index (χ0) is 15.4. The predicted octanol–water partition coefficient (Wildman–Crippen LogP) is 3.45. The van der Waals surface area contributed by atoms with Crippen LogP contribution < -0.4 is 0 Å². The molecule has 0 heterocycles. The second-order valence-corrected chi connectivity index (χ2v) is 4.42. The van der Waals surface area contributed by atoms with Crippen LogP contribution in [0, 0.1) is 11.6 Å². The molecule has 0 spiro atoms. The van der Waals surface area contributed by atoms with Crippen molar-refractivity contribution < 1.29 is 23.1 Å². The van der Waals surface area contributed by atoms with Crippen LogP contribution in [-0.2, 0) is 9.53 Å². The molecule has 1 atom stereocenters. The molecular weight excluding hydrogens is 278 g/mol. The van der Waals surface area contributed by atoms with E-state index in [2.05, 4.69) is 0 Å². The van der Waals surface area contributed by atoms with Crippen LogP contribution in [0.1, 0.15) is 28.9 Å². The summed E-state index contributed by atoms with van der Waals surface area (Å²) in [5.74, 6) is -2.24. The van der Waals surface area contributed by atoms with Crippen LogP contribution >= 0.6 is 0 Å². The van der Waals surface area contributed by atoms with Crippen molar-refractivity contribution in [3.63, 3.8) is 0 Å². The van der Waals surface area contributed by atoms with Crippen molar-refractivity contribution in [2.24, 2.45) is 0 Å². The molecule has 0 aliphatic carbocycles. The Hall–Kier alpha value is -2.56. The number of carbonyl (C=O) groups is 2. The molecule has 108 valence electrons. The van der Waals surface area contributed by atoms with Gasteiger partial charge in [-0.05, 0) is 36.4 Å². The Bertz CT molecular complexity index is 665. The summed E-state index contributed by atoms with van der Waals surface area (Å²) in [5.41, 5.74) is 0.395. The van der Waals surface area contributed by atoms with E-state index in [0.717, 1.165) is 25.1 Å². The van der Waals surface area contributed by atoms with Gasteiger partial charge in [-0.1, -0.05) is 12.1 Å². The van der Waals surface area contributed by atoms with E-state index in [-0.39, 0.29) is 11.1 Å². The number of carbonyl (C=O) groups excluding carboxylic acids is 2. The molecule has 0 bridgehead atoms. The van der Waals surface area contributed by atoms with Crippen molar-refractivity contribution in [1.29, 1.82) is 0 Å². The van der Waals surface area contributed by atoms with E-state index in [1.54, 1.807) is 0 Å². The normalized spacial score (nSPS) is 11.8. The Morgan fingerprint density at radius 2 is 1.67 bits per heavy atom. The van der Waals surface area contributed by atoms with Crippen LogP contribution in [0.25, 0.3) is 0 Å². The van der Waals surface area contributed by atoms with Gasteiger partial charge in [0.15, 0.2) is 6.10 Å². The Morgan fingerprint density at radius 3 is 2.24 bits per heavy atom. The van der Waals surface area contributed by atoms with Gasteiger partial charge in [0, 0.05) is 18.1 Å². The zero-order valence-electron chi connectivity index (χ0n) is 11.2. The van der Waals surface area contributed by atoms with E-state index in [9.17, 15) is 18.4 Å². The SMILES string of the molecule is CC(=O)OC(C(=O)c1ccc(F)cc1)c1cccc(F)c1. The molecule has 5 heteroatoms. The van der Waals surface area contributed by atoms with Gasteiger partial charge in [-0.2, -0.15) is 0 Å². The Morgan fingerprint density at radius 1 is 1.00 bits per heavy atom. The molecule has 2 aromatic carbocycles. The average Bonchev–Trinajstić information content (AvgIpc) is 2.44. The number of ketones is 1. The monoisotopic (exact) mass is 290 g/mol. The Kier molecular flexibility index (Phi) is 4.42. The fourth-order valence-corrected chi connectivity index (χ4v) is 1.87. The minimum absolute atomic E-state index is 0.173. The molecule has 0 radical (unpaired) electrons. The van der Waals surface area contributed by atoms with Crippen molar-refractivity contribution in [3.05, 3.63) is 71.3 Å². The summed E-state index contributed by atoms with van der Waals surface area (Å²) >= 11 is 0.